The van der Waals surface area contributed by atoms with Crippen molar-refractivity contribution in [2.75, 3.05) is 39.8 Å². The van der Waals surface area contributed by atoms with Gasteiger partial charge in [-0.25, -0.2) is 0 Å². The van der Waals surface area contributed by atoms with Gasteiger partial charge in [-0.05, 0) is 51.9 Å². The first kappa shape index (κ1) is 27.4. The standard InChI is InChI=1S/C24H50N2O2/c1-9-10-11-17-26(8,18-12-14-21(2)3)19-13-16-25-23(27)24(6,7)15-20-28-22(4)5/h21-22H,9-20H2,1-8H3/p+1. The van der Waals surface area contributed by atoms with Crippen LogP contribution in [0.5, 0.6) is 0 Å². The fraction of sp³-hybridized carbons (Fsp3) is 0.958. The summed E-state index contributed by atoms with van der Waals surface area (Å²) >= 11 is 0. The summed E-state index contributed by atoms with van der Waals surface area (Å²) < 4.78 is 6.76. The van der Waals surface area contributed by atoms with Crippen LogP contribution in [-0.4, -0.2) is 56.3 Å². The van der Waals surface area contributed by atoms with Crippen LogP contribution in [0, 0.1) is 11.3 Å². The molecule has 0 saturated carbocycles. The molecule has 168 valence electrons. The summed E-state index contributed by atoms with van der Waals surface area (Å²) in [5.41, 5.74) is -0.370. The number of ether oxygens (including phenoxy) is 1. The van der Waals surface area contributed by atoms with E-state index < -0.39 is 0 Å². The third-order valence-electron chi connectivity index (χ3n) is 5.73. The van der Waals surface area contributed by atoms with Gasteiger partial charge in [0.2, 0.25) is 5.91 Å². The van der Waals surface area contributed by atoms with Gasteiger partial charge in [0.25, 0.3) is 0 Å². The average Bonchev–Trinajstić information content (AvgIpc) is 2.58. The summed E-state index contributed by atoms with van der Waals surface area (Å²) in [6.45, 7) is 20.1. The largest absolute Gasteiger partial charge is 0.379 e. The Morgan fingerprint density at radius 1 is 1.00 bits per heavy atom. The van der Waals surface area contributed by atoms with Crippen molar-refractivity contribution in [3.8, 4) is 0 Å². The second kappa shape index (κ2) is 14.4. The van der Waals surface area contributed by atoms with Crippen LogP contribution < -0.4 is 5.32 Å². The summed E-state index contributed by atoms with van der Waals surface area (Å²) in [6, 6.07) is 0. The molecule has 0 rings (SSSR count). The van der Waals surface area contributed by atoms with E-state index in [0.717, 1.165) is 36.3 Å². The Hall–Kier alpha value is -0.610. The van der Waals surface area contributed by atoms with Crippen molar-refractivity contribution in [3.63, 3.8) is 0 Å². The van der Waals surface area contributed by atoms with Gasteiger partial charge in [-0.1, -0.05) is 41.0 Å². The molecule has 0 spiro atoms. The lowest BCUT2D eigenvalue weighted by Gasteiger charge is -2.35. The monoisotopic (exact) mass is 399 g/mol. The first-order chi connectivity index (χ1) is 13.0. The van der Waals surface area contributed by atoms with Crippen LogP contribution in [0.2, 0.25) is 0 Å². The van der Waals surface area contributed by atoms with Crippen molar-refractivity contribution in [1.82, 2.24) is 5.32 Å². The molecule has 0 fully saturated rings. The molecule has 0 aromatic carbocycles. The smallest absolute Gasteiger partial charge is 0.225 e. The summed E-state index contributed by atoms with van der Waals surface area (Å²) in [7, 11) is 2.41. The molecule has 0 aliphatic rings. The zero-order valence-electron chi connectivity index (χ0n) is 20.4. The Balaban J connectivity index is 4.35. The molecular weight excluding hydrogens is 348 g/mol. The molecule has 4 nitrogen and oxygen atoms in total. The van der Waals surface area contributed by atoms with Crippen molar-refractivity contribution in [2.45, 2.75) is 99.5 Å². The molecule has 0 saturated heterocycles. The van der Waals surface area contributed by atoms with Crippen molar-refractivity contribution in [2.24, 2.45) is 11.3 Å². The fourth-order valence-corrected chi connectivity index (χ4v) is 3.53. The Kier molecular flexibility index (Phi) is 14.1. The minimum Gasteiger partial charge on any atom is -0.379 e. The average molecular weight is 400 g/mol. The van der Waals surface area contributed by atoms with E-state index in [1.165, 1.54) is 45.2 Å². The zero-order valence-corrected chi connectivity index (χ0v) is 20.4. The van der Waals surface area contributed by atoms with Gasteiger partial charge in [0.1, 0.15) is 0 Å². The highest BCUT2D eigenvalue weighted by atomic mass is 16.5. The van der Waals surface area contributed by atoms with Gasteiger partial charge in [0.15, 0.2) is 0 Å². The quantitative estimate of drug-likeness (QED) is 0.262. The van der Waals surface area contributed by atoms with Gasteiger partial charge < -0.3 is 14.5 Å². The Labute approximate surface area is 176 Å². The fourth-order valence-electron chi connectivity index (χ4n) is 3.53. The van der Waals surface area contributed by atoms with E-state index in [9.17, 15) is 4.79 Å². The molecule has 0 aliphatic carbocycles. The molecule has 1 amide bonds. The molecule has 0 heterocycles. The Morgan fingerprint density at radius 3 is 2.18 bits per heavy atom. The summed E-state index contributed by atoms with van der Waals surface area (Å²) in [4.78, 5) is 12.6. The van der Waals surface area contributed by atoms with Gasteiger partial charge in [-0.3, -0.25) is 4.79 Å². The van der Waals surface area contributed by atoms with Crippen molar-refractivity contribution >= 4 is 5.91 Å². The van der Waals surface area contributed by atoms with Crippen molar-refractivity contribution < 1.29 is 14.0 Å². The van der Waals surface area contributed by atoms with Crippen molar-refractivity contribution in [3.05, 3.63) is 0 Å². The number of quaternary nitrogens is 1. The molecule has 28 heavy (non-hydrogen) atoms. The first-order valence-corrected chi connectivity index (χ1v) is 11.8. The summed E-state index contributed by atoms with van der Waals surface area (Å²) in [5, 5.41) is 3.17. The number of hydrogen-bond donors (Lipinski definition) is 1. The van der Waals surface area contributed by atoms with Gasteiger partial charge >= 0.3 is 0 Å². The number of nitrogens with zero attached hydrogens (tertiary/aromatic N) is 1. The predicted molar refractivity (Wildman–Crippen MR) is 121 cm³/mol. The minimum absolute atomic E-state index is 0.153. The van der Waals surface area contributed by atoms with E-state index in [0.29, 0.717) is 6.61 Å². The topological polar surface area (TPSA) is 38.3 Å². The van der Waals surface area contributed by atoms with Crippen LogP contribution in [0.1, 0.15) is 93.4 Å². The van der Waals surface area contributed by atoms with E-state index in [4.69, 9.17) is 4.74 Å². The van der Waals surface area contributed by atoms with Crippen LogP contribution >= 0.6 is 0 Å². The minimum atomic E-state index is -0.370. The number of nitrogens with one attached hydrogen (secondary N) is 1. The predicted octanol–water partition coefficient (Wildman–Crippen LogP) is 5.41. The normalized spacial score (nSPS) is 14.5. The number of amides is 1. The van der Waals surface area contributed by atoms with Gasteiger partial charge in [-0.2, -0.15) is 0 Å². The van der Waals surface area contributed by atoms with Crippen LogP contribution in [0.15, 0.2) is 0 Å². The van der Waals surface area contributed by atoms with E-state index in [1.807, 2.05) is 27.7 Å². The SMILES string of the molecule is CCCCC[N+](C)(CCCNC(=O)C(C)(C)CCOC(C)C)CCCC(C)C. The van der Waals surface area contributed by atoms with Crippen LogP contribution in [0.3, 0.4) is 0 Å². The third kappa shape index (κ3) is 13.5. The number of rotatable bonds is 17. The van der Waals surface area contributed by atoms with E-state index in [2.05, 4.69) is 33.1 Å². The molecule has 1 unspecified atom stereocenters. The van der Waals surface area contributed by atoms with Gasteiger partial charge in [0.05, 0.1) is 32.8 Å². The summed E-state index contributed by atoms with van der Waals surface area (Å²) in [5.74, 6) is 0.935. The Bertz CT molecular complexity index is 407. The highest BCUT2D eigenvalue weighted by Crippen LogP contribution is 2.21. The van der Waals surface area contributed by atoms with Gasteiger partial charge in [0, 0.05) is 25.0 Å². The maximum Gasteiger partial charge on any atom is 0.225 e. The Morgan fingerprint density at radius 2 is 1.61 bits per heavy atom. The molecule has 1 atom stereocenters. The number of carbonyl (C=O) groups is 1. The lowest BCUT2D eigenvalue weighted by Crippen LogP contribution is -2.47. The molecule has 0 aromatic rings. The van der Waals surface area contributed by atoms with E-state index in [-0.39, 0.29) is 17.4 Å². The van der Waals surface area contributed by atoms with Crippen molar-refractivity contribution in [1.29, 1.82) is 0 Å². The highest BCUT2D eigenvalue weighted by Gasteiger charge is 2.27. The van der Waals surface area contributed by atoms with Crippen LogP contribution in [-0.2, 0) is 9.53 Å². The van der Waals surface area contributed by atoms with Crippen LogP contribution in [0.4, 0.5) is 0 Å². The van der Waals surface area contributed by atoms with Gasteiger partial charge in [-0.15, -0.1) is 0 Å². The third-order valence-corrected chi connectivity index (χ3v) is 5.73. The van der Waals surface area contributed by atoms with E-state index >= 15 is 0 Å². The lowest BCUT2D eigenvalue weighted by molar-refractivity contribution is -0.910. The van der Waals surface area contributed by atoms with Crippen LogP contribution in [0.25, 0.3) is 0 Å². The number of hydrogen-bond acceptors (Lipinski definition) is 2. The first-order valence-electron chi connectivity index (χ1n) is 11.8. The molecule has 0 aliphatic heterocycles. The molecule has 0 radical (unpaired) electrons. The maximum atomic E-state index is 12.6. The number of unbranched alkanes of at least 4 members (excludes halogenated alkanes) is 2. The molecule has 0 aromatic heterocycles. The van der Waals surface area contributed by atoms with E-state index in [1.54, 1.807) is 0 Å². The molecule has 0 bridgehead atoms. The molecular formula is C24H51N2O2+. The second-order valence-electron chi connectivity index (χ2n) is 10.2. The zero-order chi connectivity index (χ0) is 21.6. The highest BCUT2D eigenvalue weighted by molar-refractivity contribution is 5.81. The lowest BCUT2D eigenvalue weighted by atomic mass is 9.88. The second-order valence-corrected chi connectivity index (χ2v) is 10.2. The summed E-state index contributed by atoms with van der Waals surface area (Å²) in [6.07, 6.45) is 8.55. The molecule has 1 N–H and O–H groups in total. The number of carbonyl (C=O) groups excluding carboxylic acids is 1. The molecule has 4 heteroatoms. The maximum absolute atomic E-state index is 12.6.